The molecule has 0 radical (unpaired) electrons. The number of alkyl halides is 3. The number of thioether (sulfide) groups is 1. The summed E-state index contributed by atoms with van der Waals surface area (Å²) in [7, 11) is 2.32. The molecule has 36 heavy (non-hydrogen) atoms. The summed E-state index contributed by atoms with van der Waals surface area (Å²) in [6, 6.07) is 12.9. The minimum atomic E-state index is -4.73. The Morgan fingerprint density at radius 3 is 2.22 bits per heavy atom. The van der Waals surface area contributed by atoms with Crippen molar-refractivity contribution in [1.29, 1.82) is 0 Å². The summed E-state index contributed by atoms with van der Waals surface area (Å²) in [6.45, 7) is 1.44. The van der Waals surface area contributed by atoms with Crippen LogP contribution in [0.2, 0.25) is 0 Å². The quantitative estimate of drug-likeness (QED) is 0.268. The number of esters is 2. The van der Waals surface area contributed by atoms with Gasteiger partial charge in [-0.2, -0.15) is 13.2 Å². The number of rotatable bonds is 7. The molecule has 1 amide bonds. The molecular weight excluding hydrogens is 499 g/mol. The Labute approximate surface area is 208 Å². The molecule has 0 aliphatic rings. The van der Waals surface area contributed by atoms with Crippen molar-refractivity contribution in [2.75, 3.05) is 19.5 Å². The highest BCUT2D eigenvalue weighted by Gasteiger charge is 2.34. The Bertz CT molecular complexity index is 1290. The monoisotopic (exact) mass is 519 g/mol. The Hall–Kier alpha value is -3.93. The number of carbonyl (C=O) groups excluding carboxylic acids is 3. The fourth-order valence-corrected chi connectivity index (χ4v) is 3.79. The molecule has 3 rings (SSSR count). The van der Waals surface area contributed by atoms with Crippen LogP contribution in [0.25, 0.3) is 11.3 Å². The smallest absolute Gasteiger partial charge is 0.433 e. The van der Waals surface area contributed by atoms with Crippen molar-refractivity contribution >= 4 is 35.3 Å². The minimum Gasteiger partial charge on any atom is -0.465 e. The second-order valence-corrected chi connectivity index (χ2v) is 8.59. The van der Waals surface area contributed by atoms with Crippen LogP contribution in [0.3, 0.4) is 0 Å². The maximum atomic E-state index is 13.5. The third-order valence-electron chi connectivity index (χ3n) is 4.82. The molecule has 0 aliphatic carbocycles. The number of hydrogen-bond donors (Lipinski definition) is 1. The van der Waals surface area contributed by atoms with Gasteiger partial charge in [-0.1, -0.05) is 42.1 Å². The van der Waals surface area contributed by atoms with Crippen LogP contribution >= 0.6 is 11.8 Å². The zero-order valence-corrected chi connectivity index (χ0v) is 20.1. The molecule has 0 unspecified atom stereocenters. The fraction of sp³-hybridized carbons (Fsp3) is 0.208. The molecule has 0 spiro atoms. The first kappa shape index (κ1) is 26.7. The maximum absolute atomic E-state index is 13.5. The SMILES string of the molecule is COC(=O)c1ccc(C(=O)OC)c(NC(=O)[C@H](C)Sc2nc(-c3ccccc3)cc(C(F)(F)F)n2)c1. The van der Waals surface area contributed by atoms with Gasteiger partial charge in [0.2, 0.25) is 5.91 Å². The van der Waals surface area contributed by atoms with Crippen LogP contribution in [-0.2, 0) is 20.4 Å². The first-order chi connectivity index (χ1) is 17.0. The summed E-state index contributed by atoms with van der Waals surface area (Å²) in [6.07, 6.45) is -4.73. The van der Waals surface area contributed by atoms with Gasteiger partial charge in [-0.25, -0.2) is 19.6 Å². The molecule has 1 atom stereocenters. The fourth-order valence-electron chi connectivity index (χ4n) is 3.01. The second-order valence-electron chi connectivity index (χ2n) is 7.28. The molecule has 0 bridgehead atoms. The van der Waals surface area contributed by atoms with Crippen LogP contribution in [0.1, 0.15) is 33.3 Å². The van der Waals surface area contributed by atoms with Crippen LogP contribution in [0.15, 0.2) is 59.8 Å². The zero-order valence-electron chi connectivity index (χ0n) is 19.3. The van der Waals surface area contributed by atoms with E-state index in [1.54, 1.807) is 30.3 Å². The van der Waals surface area contributed by atoms with Gasteiger partial charge in [0.25, 0.3) is 0 Å². The Kier molecular flexibility index (Phi) is 8.30. The van der Waals surface area contributed by atoms with Gasteiger partial charge >= 0.3 is 18.1 Å². The average molecular weight is 520 g/mol. The lowest BCUT2D eigenvalue weighted by atomic mass is 10.1. The lowest BCUT2D eigenvalue weighted by molar-refractivity contribution is -0.141. The molecule has 3 aromatic rings. The Morgan fingerprint density at radius 2 is 1.61 bits per heavy atom. The number of hydrogen-bond acceptors (Lipinski definition) is 8. The van der Waals surface area contributed by atoms with Crippen molar-refractivity contribution in [3.8, 4) is 11.3 Å². The third kappa shape index (κ3) is 6.39. The number of benzene rings is 2. The topological polar surface area (TPSA) is 107 Å². The molecule has 0 fully saturated rings. The molecule has 188 valence electrons. The van der Waals surface area contributed by atoms with Gasteiger partial charge in [0, 0.05) is 5.56 Å². The van der Waals surface area contributed by atoms with Crippen molar-refractivity contribution in [3.05, 3.63) is 71.4 Å². The number of carbonyl (C=O) groups is 3. The number of amides is 1. The normalized spacial score (nSPS) is 11.9. The largest absolute Gasteiger partial charge is 0.465 e. The summed E-state index contributed by atoms with van der Waals surface area (Å²) < 4.78 is 49.8. The number of nitrogens with one attached hydrogen (secondary N) is 1. The van der Waals surface area contributed by atoms with Gasteiger partial charge in [-0.3, -0.25) is 4.79 Å². The first-order valence-electron chi connectivity index (χ1n) is 10.3. The van der Waals surface area contributed by atoms with Crippen molar-refractivity contribution in [2.45, 2.75) is 23.5 Å². The van der Waals surface area contributed by atoms with Crippen molar-refractivity contribution < 1.29 is 37.0 Å². The maximum Gasteiger partial charge on any atom is 0.433 e. The predicted octanol–water partition coefficient (Wildman–Crippen LogP) is 4.85. The van der Waals surface area contributed by atoms with E-state index in [0.29, 0.717) is 17.3 Å². The number of aromatic nitrogens is 2. The van der Waals surface area contributed by atoms with E-state index in [0.717, 1.165) is 13.2 Å². The van der Waals surface area contributed by atoms with Crippen LogP contribution in [0.5, 0.6) is 0 Å². The van der Waals surface area contributed by atoms with E-state index in [9.17, 15) is 27.6 Å². The van der Waals surface area contributed by atoms with E-state index < -0.39 is 35.0 Å². The number of ether oxygens (including phenoxy) is 2. The zero-order chi connectivity index (χ0) is 26.5. The third-order valence-corrected chi connectivity index (χ3v) is 5.78. The van der Waals surface area contributed by atoms with Crippen LogP contribution in [0.4, 0.5) is 18.9 Å². The van der Waals surface area contributed by atoms with Crippen molar-refractivity contribution in [1.82, 2.24) is 9.97 Å². The molecule has 1 aromatic heterocycles. The standard InChI is InChI=1S/C24H20F3N3O5S/c1-13(20(31)28-18-11-15(21(32)34-2)9-10-16(18)22(33)35-3)36-23-29-17(14-7-5-4-6-8-14)12-19(30-23)24(25,26)27/h4-13H,1-3H3,(H,28,31)/t13-/m0/s1. The highest BCUT2D eigenvalue weighted by Crippen LogP contribution is 2.33. The Balaban J connectivity index is 1.89. The van der Waals surface area contributed by atoms with Gasteiger partial charge in [0.15, 0.2) is 5.16 Å². The number of nitrogens with zero attached hydrogens (tertiary/aromatic N) is 2. The number of methoxy groups -OCH3 is 2. The average Bonchev–Trinajstić information content (AvgIpc) is 2.87. The second kappa shape index (κ2) is 11.2. The van der Waals surface area contributed by atoms with E-state index >= 15 is 0 Å². The molecular formula is C24H20F3N3O5S. The first-order valence-corrected chi connectivity index (χ1v) is 11.2. The van der Waals surface area contributed by atoms with Gasteiger partial charge < -0.3 is 14.8 Å². The van der Waals surface area contributed by atoms with E-state index in [1.165, 1.54) is 32.2 Å². The highest BCUT2D eigenvalue weighted by atomic mass is 32.2. The highest BCUT2D eigenvalue weighted by molar-refractivity contribution is 8.00. The van der Waals surface area contributed by atoms with E-state index in [1.807, 2.05) is 0 Å². The van der Waals surface area contributed by atoms with Crippen LogP contribution in [0, 0.1) is 0 Å². The van der Waals surface area contributed by atoms with E-state index in [2.05, 4.69) is 20.0 Å². The molecule has 2 aromatic carbocycles. The van der Waals surface area contributed by atoms with E-state index in [4.69, 9.17) is 4.74 Å². The lowest BCUT2D eigenvalue weighted by Crippen LogP contribution is -2.24. The van der Waals surface area contributed by atoms with Crippen molar-refractivity contribution in [2.24, 2.45) is 0 Å². The number of anilines is 1. The summed E-state index contributed by atoms with van der Waals surface area (Å²) in [5.74, 6) is -2.14. The van der Waals surface area contributed by atoms with Crippen LogP contribution in [-0.4, -0.2) is 47.3 Å². The molecule has 1 heterocycles. The summed E-state index contributed by atoms with van der Waals surface area (Å²) in [5, 5.41) is 1.27. The predicted molar refractivity (Wildman–Crippen MR) is 126 cm³/mol. The Morgan fingerprint density at radius 1 is 0.944 bits per heavy atom. The van der Waals surface area contributed by atoms with Gasteiger partial charge in [0.05, 0.1) is 42.0 Å². The minimum absolute atomic E-state index is 0.0302. The van der Waals surface area contributed by atoms with Crippen LogP contribution < -0.4 is 5.32 Å². The molecule has 8 nitrogen and oxygen atoms in total. The van der Waals surface area contributed by atoms with Crippen molar-refractivity contribution in [3.63, 3.8) is 0 Å². The summed E-state index contributed by atoms with van der Waals surface area (Å²) >= 11 is 0.703. The van der Waals surface area contributed by atoms with Gasteiger partial charge in [0.1, 0.15) is 5.69 Å². The van der Waals surface area contributed by atoms with E-state index in [-0.39, 0.29) is 27.7 Å². The summed E-state index contributed by atoms with van der Waals surface area (Å²) in [5.41, 5.74) is -0.646. The molecule has 12 heteroatoms. The van der Waals surface area contributed by atoms with Gasteiger partial charge in [-0.15, -0.1) is 0 Å². The lowest BCUT2D eigenvalue weighted by Gasteiger charge is -2.15. The number of halogens is 3. The molecule has 1 N–H and O–H groups in total. The summed E-state index contributed by atoms with van der Waals surface area (Å²) in [4.78, 5) is 44.6. The molecule has 0 aliphatic heterocycles. The van der Waals surface area contributed by atoms with Gasteiger partial charge in [-0.05, 0) is 31.2 Å². The molecule has 0 saturated heterocycles. The molecule has 0 saturated carbocycles.